The standard InChI is InChI=1S/C19H30N2O3S/c1-14(19-11-15-8-16(12-19)10-17(9-15)13-19)7-18(22)20-3-5-21-4-2-6-25(21,23)24/h7,15-17H,2-6,8-13H2,1H3,(H,20,22)/b14-7+. The van der Waals surface area contributed by atoms with Crippen molar-refractivity contribution in [2.24, 2.45) is 23.2 Å². The number of carbonyl (C=O) groups excluding carboxylic acids is 1. The highest BCUT2D eigenvalue weighted by molar-refractivity contribution is 7.89. The summed E-state index contributed by atoms with van der Waals surface area (Å²) in [6.07, 6.45) is 10.5. The first kappa shape index (κ1) is 17.5. The second-order valence-electron chi connectivity index (χ2n) is 8.88. The van der Waals surface area contributed by atoms with Crippen LogP contribution in [0, 0.1) is 23.2 Å². The summed E-state index contributed by atoms with van der Waals surface area (Å²) in [6, 6.07) is 0. The van der Waals surface area contributed by atoms with Gasteiger partial charge in [0, 0.05) is 25.7 Å². The summed E-state index contributed by atoms with van der Waals surface area (Å²) >= 11 is 0. The van der Waals surface area contributed by atoms with Crippen LogP contribution in [0.3, 0.4) is 0 Å². The maximum Gasteiger partial charge on any atom is 0.243 e. The molecule has 0 spiro atoms. The van der Waals surface area contributed by atoms with Gasteiger partial charge in [0.2, 0.25) is 15.9 Å². The molecule has 25 heavy (non-hydrogen) atoms. The smallest absolute Gasteiger partial charge is 0.243 e. The van der Waals surface area contributed by atoms with Crippen molar-refractivity contribution in [1.29, 1.82) is 0 Å². The topological polar surface area (TPSA) is 66.5 Å². The summed E-state index contributed by atoms with van der Waals surface area (Å²) < 4.78 is 25.0. The maximum absolute atomic E-state index is 12.3. The number of carbonyl (C=O) groups is 1. The van der Waals surface area contributed by atoms with Crippen molar-refractivity contribution in [1.82, 2.24) is 9.62 Å². The largest absolute Gasteiger partial charge is 0.351 e. The second kappa shape index (κ2) is 6.38. The second-order valence-corrected chi connectivity index (χ2v) is 11.0. The van der Waals surface area contributed by atoms with Gasteiger partial charge in [0.25, 0.3) is 0 Å². The van der Waals surface area contributed by atoms with E-state index in [1.807, 2.05) is 0 Å². The number of sulfonamides is 1. The van der Waals surface area contributed by atoms with Gasteiger partial charge in [-0.2, -0.15) is 0 Å². The minimum Gasteiger partial charge on any atom is -0.351 e. The van der Waals surface area contributed by atoms with Crippen LogP contribution in [0.5, 0.6) is 0 Å². The number of amides is 1. The quantitative estimate of drug-likeness (QED) is 0.759. The number of nitrogens with one attached hydrogen (secondary N) is 1. The van der Waals surface area contributed by atoms with Crippen LogP contribution >= 0.6 is 0 Å². The first-order valence-electron chi connectivity index (χ1n) is 9.81. The molecule has 5 aliphatic rings. The summed E-state index contributed by atoms with van der Waals surface area (Å²) in [6.45, 7) is 3.50. The van der Waals surface area contributed by atoms with Crippen molar-refractivity contribution in [2.75, 3.05) is 25.4 Å². The number of hydrogen-bond donors (Lipinski definition) is 1. The molecule has 5 rings (SSSR count). The molecule has 0 aromatic carbocycles. The molecule has 1 N–H and O–H groups in total. The van der Waals surface area contributed by atoms with Crippen LogP contribution in [0.1, 0.15) is 51.9 Å². The Morgan fingerprint density at radius 3 is 2.28 bits per heavy atom. The molecular formula is C19H30N2O3S. The van der Waals surface area contributed by atoms with Gasteiger partial charge in [0.15, 0.2) is 0 Å². The van der Waals surface area contributed by atoms with Crippen LogP contribution in [0.4, 0.5) is 0 Å². The van der Waals surface area contributed by atoms with Crippen molar-refractivity contribution in [3.05, 3.63) is 11.6 Å². The fraction of sp³-hybridized carbons (Fsp3) is 0.842. The van der Waals surface area contributed by atoms with Crippen molar-refractivity contribution < 1.29 is 13.2 Å². The van der Waals surface area contributed by atoms with Crippen molar-refractivity contribution >= 4 is 15.9 Å². The molecule has 1 saturated heterocycles. The monoisotopic (exact) mass is 366 g/mol. The molecule has 4 saturated carbocycles. The predicted molar refractivity (Wildman–Crippen MR) is 97.3 cm³/mol. The number of allylic oxidation sites excluding steroid dienone is 1. The fourth-order valence-corrected chi connectivity index (χ4v) is 7.77. The van der Waals surface area contributed by atoms with E-state index in [0.717, 1.165) is 17.8 Å². The van der Waals surface area contributed by atoms with Gasteiger partial charge in [-0.15, -0.1) is 0 Å². The average molecular weight is 367 g/mol. The molecule has 6 heteroatoms. The summed E-state index contributed by atoms with van der Waals surface area (Å²) in [5, 5.41) is 2.89. The minimum atomic E-state index is -3.07. The SMILES string of the molecule is C/C(=C\C(=O)NCCN1CCCS1(=O)=O)C12CC3CC(CC(C3)C1)C2. The zero-order valence-corrected chi connectivity index (χ0v) is 16.0. The highest BCUT2D eigenvalue weighted by Crippen LogP contribution is 2.62. The Bertz CT molecular complexity index is 647. The predicted octanol–water partition coefficient (Wildman–Crippen LogP) is 2.30. The van der Waals surface area contributed by atoms with Crippen molar-refractivity contribution in [3.63, 3.8) is 0 Å². The van der Waals surface area contributed by atoms with Crippen LogP contribution in [0.2, 0.25) is 0 Å². The van der Waals surface area contributed by atoms with Crippen LogP contribution in [-0.2, 0) is 14.8 Å². The van der Waals surface area contributed by atoms with Gasteiger partial charge >= 0.3 is 0 Å². The van der Waals surface area contributed by atoms with E-state index in [1.165, 1.54) is 48.4 Å². The van der Waals surface area contributed by atoms with E-state index in [9.17, 15) is 13.2 Å². The Balaban J connectivity index is 1.33. The van der Waals surface area contributed by atoms with Gasteiger partial charge in [0.1, 0.15) is 0 Å². The molecule has 1 aliphatic heterocycles. The molecule has 0 unspecified atom stereocenters. The Kier molecular flexibility index (Phi) is 4.47. The molecule has 1 heterocycles. The summed E-state index contributed by atoms with van der Waals surface area (Å²) in [7, 11) is -3.07. The lowest BCUT2D eigenvalue weighted by Crippen LogP contribution is -2.46. The lowest BCUT2D eigenvalue weighted by Gasteiger charge is -2.57. The van der Waals surface area contributed by atoms with Gasteiger partial charge in [-0.3, -0.25) is 4.79 Å². The van der Waals surface area contributed by atoms with Crippen LogP contribution < -0.4 is 5.32 Å². The molecule has 4 bridgehead atoms. The fourth-order valence-electron chi connectivity index (χ4n) is 6.24. The van der Waals surface area contributed by atoms with Crippen molar-refractivity contribution in [3.8, 4) is 0 Å². The number of hydrogen-bond acceptors (Lipinski definition) is 3. The molecule has 5 fully saturated rings. The van der Waals surface area contributed by atoms with Crippen molar-refractivity contribution in [2.45, 2.75) is 51.9 Å². The Morgan fingerprint density at radius 2 is 1.76 bits per heavy atom. The normalized spacial score (nSPS) is 39.7. The van der Waals surface area contributed by atoms with Gasteiger partial charge in [-0.05, 0) is 75.0 Å². The molecule has 5 nitrogen and oxygen atoms in total. The molecule has 0 atom stereocenters. The first-order valence-corrected chi connectivity index (χ1v) is 11.4. The highest BCUT2D eigenvalue weighted by Gasteiger charge is 2.51. The molecule has 1 amide bonds. The van der Waals surface area contributed by atoms with Gasteiger partial charge < -0.3 is 5.32 Å². The Hall–Kier alpha value is -0.880. The van der Waals surface area contributed by atoms with E-state index in [2.05, 4.69) is 12.2 Å². The number of nitrogens with zero attached hydrogens (tertiary/aromatic N) is 1. The minimum absolute atomic E-state index is 0.0650. The third-order valence-electron chi connectivity index (χ3n) is 7.09. The average Bonchev–Trinajstić information content (AvgIpc) is 2.84. The van der Waals surface area contributed by atoms with Crippen LogP contribution in [0.15, 0.2) is 11.6 Å². The van der Waals surface area contributed by atoms with E-state index in [-0.39, 0.29) is 17.1 Å². The van der Waals surface area contributed by atoms with Gasteiger partial charge in [-0.25, -0.2) is 12.7 Å². The molecule has 140 valence electrons. The lowest BCUT2D eigenvalue weighted by atomic mass is 9.48. The summed E-state index contributed by atoms with van der Waals surface area (Å²) in [5.41, 5.74) is 1.52. The Labute approximate surface area is 151 Å². The zero-order valence-electron chi connectivity index (χ0n) is 15.2. The Morgan fingerprint density at radius 1 is 1.16 bits per heavy atom. The van der Waals surface area contributed by atoms with E-state index in [0.29, 0.717) is 26.1 Å². The van der Waals surface area contributed by atoms with Crippen LogP contribution in [-0.4, -0.2) is 44.0 Å². The van der Waals surface area contributed by atoms with E-state index >= 15 is 0 Å². The van der Waals surface area contributed by atoms with E-state index in [4.69, 9.17) is 0 Å². The maximum atomic E-state index is 12.3. The van der Waals surface area contributed by atoms with E-state index in [1.54, 1.807) is 6.08 Å². The third-order valence-corrected chi connectivity index (χ3v) is 9.04. The highest BCUT2D eigenvalue weighted by atomic mass is 32.2. The molecule has 0 aromatic heterocycles. The third kappa shape index (κ3) is 3.39. The summed E-state index contributed by atoms with van der Waals surface area (Å²) in [5.74, 6) is 2.80. The first-order chi connectivity index (χ1) is 11.9. The van der Waals surface area contributed by atoms with Gasteiger partial charge in [0.05, 0.1) is 5.75 Å². The van der Waals surface area contributed by atoms with Crippen LogP contribution in [0.25, 0.3) is 0 Å². The lowest BCUT2D eigenvalue weighted by molar-refractivity contribution is -0.116. The number of rotatable bonds is 5. The molecule has 4 aliphatic carbocycles. The summed E-state index contributed by atoms with van der Waals surface area (Å²) in [4.78, 5) is 12.3. The van der Waals surface area contributed by atoms with Gasteiger partial charge in [-0.1, -0.05) is 5.57 Å². The van der Waals surface area contributed by atoms with E-state index < -0.39 is 10.0 Å². The molecular weight excluding hydrogens is 336 g/mol. The molecule has 0 aromatic rings. The zero-order chi connectivity index (χ0) is 17.7. The molecule has 0 radical (unpaired) electrons.